The number of carbonyl (C=O) groups excluding carboxylic acids is 2. The molecule has 6 heteroatoms. The molecule has 3 rings (SSSR count). The first-order chi connectivity index (χ1) is 17.7. The van der Waals surface area contributed by atoms with Crippen LogP contribution in [0.25, 0.3) is 0 Å². The van der Waals surface area contributed by atoms with E-state index in [1.165, 1.54) is 12.1 Å². The molecule has 196 valence electrons. The molecule has 0 saturated heterocycles. The SMILES string of the molecule is CCC(C(=O)N(Cc1ccc(F)cc1)Cc1cc(NC(=O)CC(C)C)ccc1N(C)C)c1ccccc1. The van der Waals surface area contributed by atoms with E-state index in [-0.39, 0.29) is 29.5 Å². The molecule has 37 heavy (non-hydrogen) atoms. The minimum atomic E-state index is -0.308. The number of hydrogen-bond acceptors (Lipinski definition) is 3. The molecule has 1 unspecified atom stereocenters. The molecule has 0 saturated carbocycles. The maximum atomic E-state index is 14.0. The molecule has 3 aromatic rings. The monoisotopic (exact) mass is 503 g/mol. The predicted molar refractivity (Wildman–Crippen MR) is 149 cm³/mol. The zero-order valence-electron chi connectivity index (χ0n) is 22.5. The van der Waals surface area contributed by atoms with Gasteiger partial charge in [0.05, 0.1) is 5.92 Å². The number of nitrogens with one attached hydrogen (secondary N) is 1. The van der Waals surface area contributed by atoms with E-state index >= 15 is 0 Å². The van der Waals surface area contributed by atoms with Crippen LogP contribution in [0, 0.1) is 11.7 Å². The van der Waals surface area contributed by atoms with E-state index in [0.717, 1.165) is 22.4 Å². The van der Waals surface area contributed by atoms with Gasteiger partial charge >= 0.3 is 0 Å². The lowest BCUT2D eigenvalue weighted by Gasteiger charge is -2.29. The predicted octanol–water partition coefficient (Wildman–Crippen LogP) is 6.60. The third-order valence-corrected chi connectivity index (χ3v) is 6.31. The Labute approximate surface area is 220 Å². The number of halogens is 1. The topological polar surface area (TPSA) is 52.7 Å². The van der Waals surface area contributed by atoms with E-state index in [9.17, 15) is 14.0 Å². The molecule has 0 aliphatic heterocycles. The third kappa shape index (κ3) is 7.91. The number of hydrogen-bond donors (Lipinski definition) is 1. The second-order valence-electron chi connectivity index (χ2n) is 10.1. The minimum absolute atomic E-state index is 0.0111. The van der Waals surface area contributed by atoms with Crippen LogP contribution in [0.15, 0.2) is 72.8 Å². The van der Waals surface area contributed by atoms with Crippen LogP contribution in [0.2, 0.25) is 0 Å². The highest BCUT2D eigenvalue weighted by molar-refractivity contribution is 5.91. The van der Waals surface area contributed by atoms with Crippen molar-refractivity contribution in [2.24, 2.45) is 5.92 Å². The molecular weight excluding hydrogens is 465 g/mol. The van der Waals surface area contributed by atoms with Crippen molar-refractivity contribution >= 4 is 23.2 Å². The van der Waals surface area contributed by atoms with Crippen molar-refractivity contribution in [1.82, 2.24) is 4.90 Å². The molecule has 2 amide bonds. The third-order valence-electron chi connectivity index (χ3n) is 6.31. The lowest BCUT2D eigenvalue weighted by molar-refractivity contribution is -0.134. The van der Waals surface area contributed by atoms with Crippen LogP contribution >= 0.6 is 0 Å². The Kier molecular flexibility index (Phi) is 9.84. The number of nitrogens with zero attached hydrogens (tertiary/aromatic N) is 2. The van der Waals surface area contributed by atoms with Gasteiger partial charge in [0.1, 0.15) is 5.82 Å². The van der Waals surface area contributed by atoms with E-state index in [1.54, 1.807) is 12.1 Å². The van der Waals surface area contributed by atoms with Gasteiger partial charge in [0.2, 0.25) is 11.8 Å². The molecule has 3 aromatic carbocycles. The van der Waals surface area contributed by atoms with Gasteiger partial charge in [-0.05, 0) is 59.4 Å². The number of benzene rings is 3. The molecule has 0 aliphatic carbocycles. The van der Waals surface area contributed by atoms with Crippen molar-refractivity contribution in [2.45, 2.75) is 52.6 Å². The van der Waals surface area contributed by atoms with Crippen molar-refractivity contribution in [3.05, 3.63) is 95.3 Å². The lowest BCUT2D eigenvalue weighted by atomic mass is 9.94. The Morgan fingerprint density at radius 1 is 0.919 bits per heavy atom. The van der Waals surface area contributed by atoms with Gasteiger partial charge in [0.25, 0.3) is 0 Å². The van der Waals surface area contributed by atoms with Crippen molar-refractivity contribution in [3.63, 3.8) is 0 Å². The van der Waals surface area contributed by atoms with E-state index < -0.39 is 0 Å². The number of anilines is 2. The van der Waals surface area contributed by atoms with Crippen LogP contribution in [0.5, 0.6) is 0 Å². The first-order valence-corrected chi connectivity index (χ1v) is 12.9. The Morgan fingerprint density at radius 3 is 2.19 bits per heavy atom. The average molecular weight is 504 g/mol. The van der Waals surface area contributed by atoms with Crippen molar-refractivity contribution < 1.29 is 14.0 Å². The smallest absolute Gasteiger partial charge is 0.230 e. The van der Waals surface area contributed by atoms with Gasteiger partial charge in [-0.3, -0.25) is 9.59 Å². The zero-order valence-corrected chi connectivity index (χ0v) is 22.5. The molecule has 5 nitrogen and oxygen atoms in total. The first kappa shape index (κ1) is 27.9. The minimum Gasteiger partial charge on any atom is -0.377 e. The highest BCUT2D eigenvalue weighted by Crippen LogP contribution is 2.29. The summed E-state index contributed by atoms with van der Waals surface area (Å²) >= 11 is 0. The molecule has 1 atom stereocenters. The Bertz CT molecular complexity index is 1180. The summed E-state index contributed by atoms with van der Waals surface area (Å²) in [5.74, 6) is -0.367. The molecule has 0 spiro atoms. The maximum absolute atomic E-state index is 14.0. The van der Waals surface area contributed by atoms with Crippen LogP contribution in [0.1, 0.15) is 56.2 Å². The number of carbonyl (C=O) groups is 2. The highest BCUT2D eigenvalue weighted by atomic mass is 19.1. The van der Waals surface area contributed by atoms with Gasteiger partial charge in [-0.15, -0.1) is 0 Å². The van der Waals surface area contributed by atoms with Gasteiger partial charge in [-0.25, -0.2) is 4.39 Å². The van der Waals surface area contributed by atoms with Crippen LogP contribution in [0.3, 0.4) is 0 Å². The number of rotatable bonds is 11. The van der Waals surface area contributed by atoms with Crippen LogP contribution in [0.4, 0.5) is 15.8 Å². The molecule has 0 aliphatic rings. The first-order valence-electron chi connectivity index (χ1n) is 12.9. The Hall–Kier alpha value is -3.67. The Morgan fingerprint density at radius 2 is 1.59 bits per heavy atom. The van der Waals surface area contributed by atoms with E-state index in [0.29, 0.717) is 31.6 Å². The quantitative estimate of drug-likeness (QED) is 0.321. The summed E-state index contributed by atoms with van der Waals surface area (Å²) in [4.78, 5) is 30.2. The molecule has 1 N–H and O–H groups in total. The second kappa shape index (κ2) is 13.0. The maximum Gasteiger partial charge on any atom is 0.230 e. The molecule has 0 bridgehead atoms. The molecular formula is C31H38FN3O2. The highest BCUT2D eigenvalue weighted by Gasteiger charge is 2.26. The van der Waals surface area contributed by atoms with Crippen LogP contribution in [-0.2, 0) is 22.7 Å². The van der Waals surface area contributed by atoms with Gasteiger partial charge in [-0.1, -0.05) is 63.2 Å². The summed E-state index contributed by atoms with van der Waals surface area (Å²) in [6.07, 6.45) is 1.10. The fraction of sp³-hybridized carbons (Fsp3) is 0.355. The molecule has 0 fully saturated rings. The van der Waals surface area contributed by atoms with Gasteiger partial charge in [0, 0.05) is 45.0 Å². The fourth-order valence-corrected chi connectivity index (χ4v) is 4.50. The summed E-state index contributed by atoms with van der Waals surface area (Å²) in [5.41, 5.74) is 4.42. The summed E-state index contributed by atoms with van der Waals surface area (Å²) in [6, 6.07) is 21.9. The average Bonchev–Trinajstić information content (AvgIpc) is 2.85. The summed E-state index contributed by atoms with van der Waals surface area (Å²) < 4.78 is 13.6. The van der Waals surface area contributed by atoms with E-state index in [1.807, 2.05) is 93.2 Å². The van der Waals surface area contributed by atoms with E-state index in [2.05, 4.69) is 5.32 Å². The molecule has 0 aromatic heterocycles. The Balaban J connectivity index is 1.97. The van der Waals surface area contributed by atoms with Crippen molar-refractivity contribution in [1.29, 1.82) is 0 Å². The standard InChI is InChI=1S/C31H38FN3O2/c1-6-28(24-10-8-7-9-11-24)31(37)35(20-23-12-14-26(32)15-13-23)21-25-19-27(16-17-29(25)34(4)5)33-30(36)18-22(2)3/h7-17,19,22,28H,6,18,20-21H2,1-5H3,(H,33,36). The lowest BCUT2D eigenvalue weighted by Crippen LogP contribution is -2.34. The van der Waals surface area contributed by atoms with Crippen molar-refractivity contribution in [3.8, 4) is 0 Å². The summed E-state index contributed by atoms with van der Waals surface area (Å²) in [5, 5.41) is 3.00. The normalized spacial score (nSPS) is 11.8. The van der Waals surface area contributed by atoms with Gasteiger partial charge in [0.15, 0.2) is 0 Å². The second-order valence-corrected chi connectivity index (χ2v) is 10.1. The largest absolute Gasteiger partial charge is 0.377 e. The molecule has 0 heterocycles. The van der Waals surface area contributed by atoms with Gasteiger partial charge < -0.3 is 15.1 Å². The van der Waals surface area contributed by atoms with Crippen molar-refractivity contribution in [2.75, 3.05) is 24.3 Å². The molecule has 0 radical (unpaired) electrons. The van der Waals surface area contributed by atoms with Crippen LogP contribution < -0.4 is 10.2 Å². The summed E-state index contributed by atoms with van der Waals surface area (Å²) in [7, 11) is 3.92. The summed E-state index contributed by atoms with van der Waals surface area (Å²) in [6.45, 7) is 6.73. The number of amides is 2. The van der Waals surface area contributed by atoms with Crippen LogP contribution in [-0.4, -0.2) is 30.8 Å². The zero-order chi connectivity index (χ0) is 26.9. The van der Waals surface area contributed by atoms with Gasteiger partial charge in [-0.2, -0.15) is 0 Å². The van der Waals surface area contributed by atoms with E-state index in [4.69, 9.17) is 0 Å². The fourth-order valence-electron chi connectivity index (χ4n) is 4.50.